The topological polar surface area (TPSA) is 4.93 Å². The van der Waals surface area contributed by atoms with Gasteiger partial charge in [0.1, 0.15) is 0 Å². The SMILES string of the molecule is Cc1ccccc1-c1c(-c2cc(Cc3ccccc3)cc3c2-c2ccccc2C3(C)C)ccc2c1C1(c3ccccc3-2)c2ccccc2-n2c3ccccc3c3cccc1c32. The Morgan fingerprint density at radius 3 is 1.89 bits per heavy atom. The summed E-state index contributed by atoms with van der Waals surface area (Å²) >= 11 is 0. The molecule has 0 bridgehead atoms. The van der Waals surface area contributed by atoms with Crippen molar-refractivity contribution >= 4 is 21.8 Å². The Morgan fingerprint density at radius 1 is 0.410 bits per heavy atom. The molecule has 0 saturated heterocycles. The van der Waals surface area contributed by atoms with E-state index in [2.05, 4.69) is 219 Å². The molecule has 0 fully saturated rings. The van der Waals surface area contributed by atoms with Crippen molar-refractivity contribution in [2.75, 3.05) is 0 Å². The van der Waals surface area contributed by atoms with Crippen molar-refractivity contribution in [3.8, 4) is 50.2 Å². The molecule has 1 nitrogen and oxygen atoms in total. The minimum atomic E-state index is -0.595. The van der Waals surface area contributed by atoms with Gasteiger partial charge in [-0.1, -0.05) is 196 Å². The molecule has 1 heteroatoms. The number of benzene rings is 9. The maximum absolute atomic E-state index is 2.55. The van der Waals surface area contributed by atoms with Crippen molar-refractivity contribution in [1.29, 1.82) is 0 Å². The van der Waals surface area contributed by atoms with Crippen LogP contribution >= 0.6 is 0 Å². The zero-order chi connectivity index (χ0) is 40.6. The van der Waals surface area contributed by atoms with Gasteiger partial charge in [0.2, 0.25) is 0 Å². The summed E-state index contributed by atoms with van der Waals surface area (Å²) in [6, 6.07) is 73.8. The monoisotopic (exact) mass is 777 g/mol. The maximum atomic E-state index is 2.55. The van der Waals surface area contributed by atoms with Gasteiger partial charge >= 0.3 is 0 Å². The molecule has 61 heavy (non-hydrogen) atoms. The van der Waals surface area contributed by atoms with E-state index in [4.69, 9.17) is 0 Å². The van der Waals surface area contributed by atoms with Crippen LogP contribution in [0, 0.1) is 6.92 Å². The number of hydrogen-bond acceptors (Lipinski definition) is 0. The molecule has 2 heterocycles. The van der Waals surface area contributed by atoms with E-state index < -0.39 is 5.41 Å². The van der Waals surface area contributed by atoms with Crippen LogP contribution in [-0.2, 0) is 17.3 Å². The summed E-state index contributed by atoms with van der Waals surface area (Å²) in [6.45, 7) is 7.14. The highest BCUT2D eigenvalue weighted by Crippen LogP contribution is 2.65. The van der Waals surface area contributed by atoms with Crippen LogP contribution in [0.25, 0.3) is 72.0 Å². The van der Waals surface area contributed by atoms with Crippen LogP contribution in [-0.4, -0.2) is 4.57 Å². The lowest BCUT2D eigenvalue weighted by molar-refractivity contribution is 0.659. The molecule has 0 N–H and O–H groups in total. The predicted octanol–water partition coefficient (Wildman–Crippen LogP) is 15.0. The Hall–Kier alpha value is -7.22. The Bertz CT molecular complexity index is 3490. The normalized spacial score (nSPS) is 16.0. The first-order valence-corrected chi connectivity index (χ1v) is 21.7. The van der Waals surface area contributed by atoms with Gasteiger partial charge in [0.15, 0.2) is 0 Å². The fourth-order valence-electron chi connectivity index (χ4n) is 12.0. The zero-order valence-corrected chi connectivity index (χ0v) is 34.6. The molecule has 1 atom stereocenters. The molecule has 13 rings (SSSR count). The molecular formula is C60H43N. The van der Waals surface area contributed by atoms with Gasteiger partial charge in [0.25, 0.3) is 0 Å². The van der Waals surface area contributed by atoms with Crippen LogP contribution in [0.1, 0.15) is 63.9 Å². The van der Waals surface area contributed by atoms with Crippen LogP contribution in [0.5, 0.6) is 0 Å². The molecule has 288 valence electrons. The minimum Gasteiger partial charge on any atom is -0.309 e. The summed E-state index contributed by atoms with van der Waals surface area (Å²) in [5.74, 6) is 0. The first kappa shape index (κ1) is 34.6. The quantitative estimate of drug-likeness (QED) is 0.168. The number of nitrogens with zero attached hydrogens (tertiary/aromatic N) is 1. The van der Waals surface area contributed by atoms with Crippen LogP contribution in [0.3, 0.4) is 0 Å². The van der Waals surface area contributed by atoms with E-state index in [1.165, 1.54) is 122 Å². The van der Waals surface area contributed by atoms with Gasteiger partial charge in [0, 0.05) is 16.2 Å². The smallest absolute Gasteiger partial charge is 0.0760 e. The van der Waals surface area contributed by atoms with E-state index >= 15 is 0 Å². The lowest BCUT2D eigenvalue weighted by Crippen LogP contribution is -2.34. The highest BCUT2D eigenvalue weighted by atomic mass is 15.0. The Kier molecular flexibility index (Phi) is 7.04. The zero-order valence-electron chi connectivity index (χ0n) is 34.6. The molecule has 1 aromatic heterocycles. The van der Waals surface area contributed by atoms with Crippen LogP contribution < -0.4 is 0 Å². The fourth-order valence-corrected chi connectivity index (χ4v) is 12.0. The van der Waals surface area contributed by atoms with E-state index in [1.54, 1.807) is 0 Å². The molecule has 1 aliphatic heterocycles. The van der Waals surface area contributed by atoms with Gasteiger partial charge in [-0.25, -0.2) is 0 Å². The van der Waals surface area contributed by atoms with Gasteiger partial charge in [0.05, 0.1) is 22.1 Å². The number of para-hydroxylation sites is 3. The van der Waals surface area contributed by atoms with Crippen LogP contribution in [0.2, 0.25) is 0 Å². The van der Waals surface area contributed by atoms with Crippen molar-refractivity contribution in [2.45, 2.75) is 38.0 Å². The van der Waals surface area contributed by atoms with E-state index in [9.17, 15) is 0 Å². The summed E-state index contributed by atoms with van der Waals surface area (Å²) < 4.78 is 2.55. The number of aryl methyl sites for hydroxylation is 1. The lowest BCUT2D eigenvalue weighted by atomic mass is 9.63. The highest BCUT2D eigenvalue weighted by molar-refractivity contribution is 6.14. The summed E-state index contributed by atoms with van der Waals surface area (Å²) in [4.78, 5) is 0. The Labute approximate surface area is 357 Å². The maximum Gasteiger partial charge on any atom is 0.0760 e. The van der Waals surface area contributed by atoms with Gasteiger partial charge in [-0.05, 0) is 120 Å². The average Bonchev–Trinajstić information content (AvgIpc) is 3.88. The summed E-state index contributed by atoms with van der Waals surface area (Å²) in [6.07, 6.45) is 0.869. The predicted molar refractivity (Wildman–Crippen MR) is 254 cm³/mol. The van der Waals surface area contributed by atoms with Gasteiger partial charge < -0.3 is 4.57 Å². The fraction of sp³-hybridized carbons (Fsp3) is 0.100. The third-order valence-electron chi connectivity index (χ3n) is 14.5. The van der Waals surface area contributed by atoms with Gasteiger partial charge in [-0.2, -0.15) is 0 Å². The second-order valence-corrected chi connectivity index (χ2v) is 18.0. The molecule has 10 aromatic rings. The van der Waals surface area contributed by atoms with Crippen LogP contribution in [0.15, 0.2) is 194 Å². The molecule has 2 aliphatic carbocycles. The molecule has 0 saturated carbocycles. The van der Waals surface area contributed by atoms with Crippen molar-refractivity contribution < 1.29 is 0 Å². The first-order chi connectivity index (χ1) is 30.0. The summed E-state index contributed by atoms with van der Waals surface area (Å²) in [7, 11) is 0. The van der Waals surface area contributed by atoms with Crippen LogP contribution in [0.4, 0.5) is 0 Å². The highest BCUT2D eigenvalue weighted by Gasteiger charge is 2.52. The molecular weight excluding hydrogens is 735 g/mol. The third-order valence-corrected chi connectivity index (χ3v) is 14.5. The Balaban J connectivity index is 1.23. The molecule has 3 aliphatic rings. The minimum absolute atomic E-state index is 0.157. The molecule has 1 spiro atoms. The van der Waals surface area contributed by atoms with Crippen molar-refractivity contribution in [1.82, 2.24) is 4.57 Å². The number of rotatable bonds is 4. The van der Waals surface area contributed by atoms with Crippen molar-refractivity contribution in [2.24, 2.45) is 0 Å². The number of fused-ring (bicyclic) bond motifs is 15. The second-order valence-electron chi connectivity index (χ2n) is 18.0. The first-order valence-electron chi connectivity index (χ1n) is 21.7. The second kappa shape index (κ2) is 12.4. The molecule has 9 aromatic carbocycles. The van der Waals surface area contributed by atoms with E-state index in [0.29, 0.717) is 0 Å². The summed E-state index contributed by atoms with van der Waals surface area (Å²) in [5, 5.41) is 2.59. The van der Waals surface area contributed by atoms with Gasteiger partial charge in [-0.3, -0.25) is 0 Å². The number of aromatic nitrogens is 1. The largest absolute Gasteiger partial charge is 0.309 e. The van der Waals surface area contributed by atoms with E-state index in [1.807, 2.05) is 0 Å². The lowest BCUT2D eigenvalue weighted by Gasteiger charge is -2.41. The third kappa shape index (κ3) is 4.46. The van der Waals surface area contributed by atoms with E-state index in [-0.39, 0.29) is 5.41 Å². The van der Waals surface area contributed by atoms with Crippen molar-refractivity contribution in [3.05, 3.63) is 244 Å². The van der Waals surface area contributed by atoms with Crippen molar-refractivity contribution in [3.63, 3.8) is 0 Å². The Morgan fingerprint density at radius 2 is 1.05 bits per heavy atom. The molecule has 0 radical (unpaired) electrons. The summed E-state index contributed by atoms with van der Waals surface area (Å²) in [5.41, 5.74) is 25.7. The standard InChI is InChI=1S/C60H43N/c1-37-18-7-8-21-40(37)56-43(47-35-39(34-38-19-5-4-6-20-38)36-52-55(47)46-24-10-12-26-48(46)59(52,2)3)32-33-44-41-22-9-13-27-49(41)60(57(44)56)50-28-14-16-31-54(50)61-53-30-15-11-23-42(53)45-25-17-29-51(60)58(45)61/h4-33,35-36H,34H2,1-3H3. The van der Waals surface area contributed by atoms with Gasteiger partial charge in [-0.15, -0.1) is 0 Å². The molecule has 1 unspecified atom stereocenters. The van der Waals surface area contributed by atoms with E-state index in [0.717, 1.165) is 6.42 Å². The average molecular weight is 778 g/mol. The molecule has 0 amide bonds. The number of hydrogen-bond donors (Lipinski definition) is 0.